The predicted molar refractivity (Wildman–Crippen MR) is 136 cm³/mol. The molecule has 4 N–H and O–H groups in total. The van der Waals surface area contributed by atoms with Gasteiger partial charge in [0.15, 0.2) is 5.96 Å². The highest BCUT2D eigenvalue weighted by molar-refractivity contribution is 5.94. The summed E-state index contributed by atoms with van der Waals surface area (Å²) < 4.78 is 17.0. The van der Waals surface area contributed by atoms with Crippen molar-refractivity contribution < 1.29 is 14.3 Å². The lowest BCUT2D eigenvalue weighted by Gasteiger charge is -2.37. The van der Waals surface area contributed by atoms with Gasteiger partial charge in [0.1, 0.15) is 11.4 Å². The van der Waals surface area contributed by atoms with Gasteiger partial charge >= 0.3 is 5.97 Å². The average molecular weight is 499 g/mol. The van der Waals surface area contributed by atoms with E-state index >= 15 is 4.39 Å². The number of carboxylic acids is 1. The molecular weight excluding hydrogens is 467 g/mol. The molecule has 2 aromatic rings. The van der Waals surface area contributed by atoms with Crippen LogP contribution in [0.3, 0.4) is 0 Å². The van der Waals surface area contributed by atoms with Crippen molar-refractivity contribution in [3.63, 3.8) is 0 Å². The highest BCUT2D eigenvalue weighted by Crippen LogP contribution is 2.38. The Labute approximate surface area is 207 Å². The van der Waals surface area contributed by atoms with Crippen LogP contribution in [-0.4, -0.2) is 102 Å². The van der Waals surface area contributed by atoms with Gasteiger partial charge in [-0.1, -0.05) is 0 Å². The van der Waals surface area contributed by atoms with E-state index in [9.17, 15) is 14.7 Å². The number of nitrogens with one attached hydrogen (secondary N) is 1. The van der Waals surface area contributed by atoms with Crippen LogP contribution in [0.15, 0.2) is 28.1 Å². The number of aliphatic imine (C=N–C) groups is 1. The van der Waals surface area contributed by atoms with E-state index in [0.717, 1.165) is 45.1 Å². The Balaban J connectivity index is 1.33. The number of halogens is 1. The van der Waals surface area contributed by atoms with E-state index in [0.29, 0.717) is 37.4 Å². The highest BCUT2D eigenvalue weighted by Gasteiger charge is 2.29. The van der Waals surface area contributed by atoms with Gasteiger partial charge in [-0.25, -0.2) is 9.18 Å². The monoisotopic (exact) mass is 498 g/mol. The summed E-state index contributed by atoms with van der Waals surface area (Å²) in [6.07, 6.45) is 3.17. The molecule has 3 aliphatic rings. The number of piperazine rings is 2. The number of carbonyl (C=O) groups is 1. The first-order valence-corrected chi connectivity index (χ1v) is 12.2. The number of likely N-dealkylation sites (N-methyl/N-ethyl adjacent to an activating group) is 1. The van der Waals surface area contributed by atoms with Gasteiger partial charge < -0.3 is 35.0 Å². The molecule has 192 valence electrons. The van der Waals surface area contributed by atoms with Crippen LogP contribution >= 0.6 is 0 Å². The molecule has 0 radical (unpaired) electrons. The molecule has 3 fully saturated rings. The maximum absolute atomic E-state index is 15.2. The third kappa shape index (κ3) is 4.60. The van der Waals surface area contributed by atoms with Crippen molar-refractivity contribution in [1.82, 2.24) is 19.3 Å². The van der Waals surface area contributed by atoms with Crippen LogP contribution in [0, 0.1) is 11.2 Å². The number of aromatic nitrogens is 1. The minimum Gasteiger partial charge on any atom is -0.477 e. The quantitative estimate of drug-likeness (QED) is 0.418. The van der Waals surface area contributed by atoms with Gasteiger partial charge in [-0.15, -0.1) is 0 Å². The first kappa shape index (κ1) is 24.0. The summed E-state index contributed by atoms with van der Waals surface area (Å²) in [6, 6.07) is 2.94. The molecule has 0 spiro atoms. The number of benzene rings is 1. The van der Waals surface area contributed by atoms with E-state index in [2.05, 4.69) is 16.9 Å². The van der Waals surface area contributed by atoms with E-state index < -0.39 is 17.2 Å². The maximum Gasteiger partial charge on any atom is 0.341 e. The highest BCUT2D eigenvalue weighted by atomic mass is 19.1. The van der Waals surface area contributed by atoms with Crippen LogP contribution in [0.1, 0.15) is 29.2 Å². The fourth-order valence-corrected chi connectivity index (χ4v) is 4.85. The number of anilines is 1. The standard InChI is InChI=1S/C24H31FN8O3/c1-29-4-6-31(7-5-29)23(26)28-24(27)32-10-8-30(9-11-32)20-13-19-16(12-18(20)25)21(34)17(22(35)36)14-33(19)15-2-3-15/h12-15H,2-11H2,1H3,(H,35,36)(H3,26,27,28). The summed E-state index contributed by atoms with van der Waals surface area (Å²) in [5, 5.41) is 17.8. The van der Waals surface area contributed by atoms with Gasteiger partial charge in [0.2, 0.25) is 11.4 Å². The zero-order chi connectivity index (χ0) is 25.6. The molecule has 0 bridgehead atoms. The number of aromatic carboxylic acids is 1. The van der Waals surface area contributed by atoms with Crippen LogP contribution in [0.4, 0.5) is 10.1 Å². The molecule has 5 rings (SSSR count). The Bertz CT molecular complexity index is 1290. The number of rotatable bonds is 3. The average Bonchev–Trinajstić information content (AvgIpc) is 3.70. The van der Waals surface area contributed by atoms with Crippen molar-refractivity contribution in [2.75, 3.05) is 64.3 Å². The molecule has 0 atom stereocenters. The second kappa shape index (κ2) is 9.41. The Morgan fingerprint density at radius 3 is 2.33 bits per heavy atom. The van der Waals surface area contributed by atoms with Crippen molar-refractivity contribution >= 4 is 34.5 Å². The number of guanidine groups is 2. The molecule has 36 heavy (non-hydrogen) atoms. The summed E-state index contributed by atoms with van der Waals surface area (Å²) in [5.74, 6) is -1.43. The van der Waals surface area contributed by atoms with E-state index in [1.807, 2.05) is 14.7 Å². The third-order valence-electron chi connectivity index (χ3n) is 7.24. The van der Waals surface area contributed by atoms with Crippen LogP contribution in [-0.2, 0) is 0 Å². The molecule has 2 saturated heterocycles. The molecule has 0 unspecified atom stereocenters. The maximum atomic E-state index is 15.2. The number of pyridine rings is 1. The van der Waals surface area contributed by atoms with Crippen molar-refractivity contribution in [2.45, 2.75) is 18.9 Å². The van der Waals surface area contributed by atoms with E-state index in [4.69, 9.17) is 11.1 Å². The number of carboxylic acid groups (broad SMARTS) is 1. The molecule has 1 saturated carbocycles. The van der Waals surface area contributed by atoms with E-state index in [1.54, 1.807) is 10.6 Å². The molecular formula is C24H31FN8O3. The van der Waals surface area contributed by atoms with Crippen molar-refractivity contribution in [2.24, 2.45) is 10.7 Å². The van der Waals surface area contributed by atoms with E-state index in [1.165, 1.54) is 6.20 Å². The summed E-state index contributed by atoms with van der Waals surface area (Å²) in [7, 11) is 2.05. The summed E-state index contributed by atoms with van der Waals surface area (Å²) >= 11 is 0. The number of hydrogen-bond acceptors (Lipinski definition) is 5. The van der Waals surface area contributed by atoms with Crippen LogP contribution in [0.25, 0.3) is 10.9 Å². The lowest BCUT2D eigenvalue weighted by atomic mass is 10.1. The lowest BCUT2D eigenvalue weighted by molar-refractivity contribution is 0.0695. The van der Waals surface area contributed by atoms with Crippen LogP contribution in [0.2, 0.25) is 0 Å². The van der Waals surface area contributed by atoms with E-state index in [-0.39, 0.29) is 28.9 Å². The molecule has 2 aliphatic heterocycles. The zero-order valence-electron chi connectivity index (χ0n) is 20.3. The minimum absolute atomic E-state index is 0.0838. The predicted octanol–water partition coefficient (Wildman–Crippen LogP) is 0.793. The first-order valence-electron chi connectivity index (χ1n) is 12.2. The van der Waals surface area contributed by atoms with Crippen molar-refractivity contribution in [3.8, 4) is 0 Å². The minimum atomic E-state index is -1.31. The fraction of sp³-hybridized carbons (Fsp3) is 0.500. The summed E-state index contributed by atoms with van der Waals surface area (Å²) in [5.41, 5.74) is 6.12. The Morgan fingerprint density at radius 2 is 1.72 bits per heavy atom. The normalized spacial score (nSPS) is 19.7. The van der Waals surface area contributed by atoms with Gasteiger partial charge in [0.25, 0.3) is 0 Å². The SMILES string of the molecule is CN1CCN(C(=N)/N=C(\N)N2CCN(c3cc4c(cc3F)c(=O)c(C(=O)O)cn4C3CC3)CC2)CC1. The summed E-state index contributed by atoms with van der Waals surface area (Å²) in [6.45, 7) is 5.22. The van der Waals surface area contributed by atoms with Gasteiger partial charge in [-0.3, -0.25) is 10.2 Å². The Morgan fingerprint density at radius 1 is 1.08 bits per heavy atom. The zero-order valence-corrected chi connectivity index (χ0v) is 20.3. The molecule has 12 heteroatoms. The summed E-state index contributed by atoms with van der Waals surface area (Å²) in [4.78, 5) is 36.5. The van der Waals surface area contributed by atoms with Crippen LogP contribution < -0.4 is 16.1 Å². The van der Waals surface area contributed by atoms with Crippen molar-refractivity contribution in [1.29, 1.82) is 5.41 Å². The Hall–Kier alpha value is -3.67. The number of nitrogens with zero attached hydrogens (tertiary/aromatic N) is 6. The molecule has 1 aliphatic carbocycles. The molecule has 1 aromatic heterocycles. The van der Waals surface area contributed by atoms with Crippen LogP contribution in [0.5, 0.6) is 0 Å². The number of nitrogens with two attached hydrogens (primary N) is 1. The molecule has 0 amide bonds. The van der Waals surface area contributed by atoms with Gasteiger partial charge in [0.05, 0.1) is 11.2 Å². The molecule has 3 heterocycles. The molecule has 11 nitrogen and oxygen atoms in total. The first-order chi connectivity index (χ1) is 17.2. The van der Waals surface area contributed by atoms with Crippen molar-refractivity contribution in [3.05, 3.63) is 39.9 Å². The topological polar surface area (TPSA) is 134 Å². The smallest absolute Gasteiger partial charge is 0.341 e. The number of hydrogen-bond donors (Lipinski definition) is 3. The largest absolute Gasteiger partial charge is 0.477 e. The fourth-order valence-electron chi connectivity index (χ4n) is 4.85. The van der Waals surface area contributed by atoms with Gasteiger partial charge in [-0.05, 0) is 32.0 Å². The second-order valence-electron chi connectivity index (χ2n) is 9.69. The number of fused-ring (bicyclic) bond motifs is 1. The second-order valence-corrected chi connectivity index (χ2v) is 9.69. The Kier molecular flexibility index (Phi) is 6.29. The van der Waals surface area contributed by atoms with Gasteiger partial charge in [0, 0.05) is 70.0 Å². The third-order valence-corrected chi connectivity index (χ3v) is 7.24. The van der Waals surface area contributed by atoms with Gasteiger partial charge in [-0.2, -0.15) is 4.99 Å². The molecule has 1 aromatic carbocycles. The lowest BCUT2D eigenvalue weighted by Crippen LogP contribution is -2.52.